The van der Waals surface area contributed by atoms with Crippen LogP contribution in [0, 0.1) is 6.92 Å². The van der Waals surface area contributed by atoms with Gasteiger partial charge >= 0.3 is 0 Å². The summed E-state index contributed by atoms with van der Waals surface area (Å²) in [4.78, 5) is 22.5. The molecule has 17 heavy (non-hydrogen) atoms. The molecule has 0 aliphatic heterocycles. The second kappa shape index (κ2) is 6.84. The lowest BCUT2D eigenvalue weighted by Crippen LogP contribution is -2.25. The Bertz CT molecular complexity index is 399. The van der Waals surface area contributed by atoms with Crippen molar-refractivity contribution >= 4 is 11.7 Å². The quantitative estimate of drug-likeness (QED) is 0.767. The van der Waals surface area contributed by atoms with E-state index in [-0.39, 0.29) is 11.7 Å². The molecule has 0 heterocycles. The van der Waals surface area contributed by atoms with Gasteiger partial charge in [0.1, 0.15) is 5.78 Å². The summed E-state index contributed by atoms with van der Waals surface area (Å²) in [6.45, 7) is 4.14. The van der Waals surface area contributed by atoms with Crippen molar-refractivity contribution in [1.29, 1.82) is 0 Å². The van der Waals surface area contributed by atoms with Gasteiger partial charge < -0.3 is 10.1 Å². The third kappa shape index (κ3) is 4.81. The zero-order valence-electron chi connectivity index (χ0n) is 10.5. The summed E-state index contributed by atoms with van der Waals surface area (Å²) in [5.41, 5.74) is 1.70. The lowest BCUT2D eigenvalue weighted by molar-refractivity contribution is -0.117. The predicted molar refractivity (Wildman–Crippen MR) is 68.0 cm³/mol. The number of carbonyl (C=O) groups excluding carboxylic acids is 2. The maximum atomic E-state index is 11.8. The average Bonchev–Trinajstić information content (AvgIpc) is 2.28. The molecule has 1 N–H and O–H groups in total. The van der Waals surface area contributed by atoms with E-state index in [0.29, 0.717) is 13.0 Å². The second-order valence-corrected chi connectivity index (χ2v) is 4.23. The molecule has 0 fully saturated rings. The van der Waals surface area contributed by atoms with Gasteiger partial charge in [0, 0.05) is 18.5 Å². The Morgan fingerprint density at radius 1 is 1.18 bits per heavy atom. The molecule has 0 saturated heterocycles. The number of aryl methyl sites for hydroxylation is 1. The van der Waals surface area contributed by atoms with Gasteiger partial charge in [0.05, 0.1) is 0 Å². The fraction of sp³-hybridized carbons (Fsp3) is 0.429. The van der Waals surface area contributed by atoms with Crippen molar-refractivity contribution in [3.05, 3.63) is 35.4 Å². The van der Waals surface area contributed by atoms with Crippen LogP contribution in [0.15, 0.2) is 24.3 Å². The summed E-state index contributed by atoms with van der Waals surface area (Å²) < 4.78 is 0. The van der Waals surface area contributed by atoms with E-state index in [9.17, 15) is 9.59 Å². The van der Waals surface area contributed by atoms with Crippen LogP contribution in [0.1, 0.15) is 42.1 Å². The number of carbonyl (C=O) groups is 2. The van der Waals surface area contributed by atoms with Crippen LogP contribution in [0.5, 0.6) is 0 Å². The SMILES string of the molecule is CC(=O)CCCCNC(=O)c1ccccc1C. The number of nitrogens with one attached hydrogen (secondary N) is 1. The third-order valence-corrected chi connectivity index (χ3v) is 2.63. The van der Waals surface area contributed by atoms with Gasteiger partial charge in [-0.25, -0.2) is 0 Å². The highest BCUT2D eigenvalue weighted by Crippen LogP contribution is 2.06. The van der Waals surface area contributed by atoms with Crippen LogP contribution in [-0.4, -0.2) is 18.2 Å². The maximum absolute atomic E-state index is 11.8. The molecular weight excluding hydrogens is 214 g/mol. The first-order valence-electron chi connectivity index (χ1n) is 5.94. The molecule has 1 amide bonds. The first-order valence-corrected chi connectivity index (χ1v) is 5.94. The largest absolute Gasteiger partial charge is 0.352 e. The molecule has 0 spiro atoms. The molecule has 3 heteroatoms. The number of Topliss-reactive ketones (excluding diaryl/α,β-unsaturated/α-hetero) is 1. The molecule has 0 aliphatic carbocycles. The first-order chi connectivity index (χ1) is 8.11. The van der Waals surface area contributed by atoms with Crippen molar-refractivity contribution in [2.24, 2.45) is 0 Å². The standard InChI is InChI=1S/C14H19NO2/c1-11-7-3-4-9-13(11)14(17)15-10-6-5-8-12(2)16/h3-4,7,9H,5-6,8,10H2,1-2H3,(H,15,17). The Morgan fingerprint density at radius 2 is 1.88 bits per heavy atom. The Balaban J connectivity index is 2.31. The van der Waals surface area contributed by atoms with Gasteiger partial charge in [-0.3, -0.25) is 4.79 Å². The van der Waals surface area contributed by atoms with Crippen LogP contribution >= 0.6 is 0 Å². The van der Waals surface area contributed by atoms with Crippen LogP contribution < -0.4 is 5.32 Å². The summed E-state index contributed by atoms with van der Waals surface area (Å²) in [7, 11) is 0. The minimum Gasteiger partial charge on any atom is -0.352 e. The van der Waals surface area contributed by atoms with E-state index < -0.39 is 0 Å². The molecule has 0 unspecified atom stereocenters. The van der Waals surface area contributed by atoms with Crippen LogP contribution in [0.25, 0.3) is 0 Å². The van der Waals surface area contributed by atoms with Crippen LogP contribution in [-0.2, 0) is 4.79 Å². The van der Waals surface area contributed by atoms with Crippen LogP contribution in [0.3, 0.4) is 0 Å². The number of hydrogen-bond acceptors (Lipinski definition) is 2. The lowest BCUT2D eigenvalue weighted by atomic mass is 10.1. The molecule has 0 saturated carbocycles. The first kappa shape index (κ1) is 13.4. The number of hydrogen-bond donors (Lipinski definition) is 1. The van der Waals surface area contributed by atoms with Crippen LogP contribution in [0.4, 0.5) is 0 Å². The van der Waals surface area contributed by atoms with E-state index in [2.05, 4.69) is 5.32 Å². The minimum atomic E-state index is -0.0362. The number of ketones is 1. The molecule has 0 atom stereocenters. The Kier molecular flexibility index (Phi) is 5.40. The molecule has 0 bridgehead atoms. The minimum absolute atomic E-state index is 0.0362. The van der Waals surface area contributed by atoms with E-state index in [1.54, 1.807) is 6.92 Å². The summed E-state index contributed by atoms with van der Waals surface area (Å²) in [5, 5.41) is 2.86. The van der Waals surface area contributed by atoms with Crippen molar-refractivity contribution in [2.45, 2.75) is 33.1 Å². The van der Waals surface area contributed by atoms with Gasteiger partial charge in [-0.15, -0.1) is 0 Å². The summed E-state index contributed by atoms with van der Waals surface area (Å²) in [6, 6.07) is 7.52. The molecule has 92 valence electrons. The zero-order chi connectivity index (χ0) is 12.7. The highest BCUT2D eigenvalue weighted by Gasteiger charge is 2.06. The highest BCUT2D eigenvalue weighted by atomic mass is 16.1. The zero-order valence-corrected chi connectivity index (χ0v) is 10.5. The topological polar surface area (TPSA) is 46.2 Å². The summed E-state index contributed by atoms with van der Waals surface area (Å²) >= 11 is 0. The van der Waals surface area contributed by atoms with Gasteiger partial charge in [-0.2, -0.15) is 0 Å². The molecule has 0 aliphatic rings. The van der Waals surface area contributed by atoms with E-state index in [0.717, 1.165) is 24.0 Å². The Hall–Kier alpha value is -1.64. The smallest absolute Gasteiger partial charge is 0.251 e. The molecule has 1 aromatic carbocycles. The van der Waals surface area contributed by atoms with Gasteiger partial charge in [0.15, 0.2) is 0 Å². The maximum Gasteiger partial charge on any atom is 0.251 e. The normalized spacial score (nSPS) is 10.0. The van der Waals surface area contributed by atoms with Gasteiger partial charge in [-0.05, 0) is 38.3 Å². The fourth-order valence-corrected chi connectivity index (χ4v) is 1.62. The monoisotopic (exact) mass is 233 g/mol. The number of rotatable bonds is 6. The van der Waals surface area contributed by atoms with Crippen LogP contribution in [0.2, 0.25) is 0 Å². The van der Waals surface area contributed by atoms with Gasteiger partial charge in [-0.1, -0.05) is 18.2 Å². The van der Waals surface area contributed by atoms with Crippen molar-refractivity contribution in [3.8, 4) is 0 Å². The second-order valence-electron chi connectivity index (χ2n) is 4.23. The van der Waals surface area contributed by atoms with Gasteiger partial charge in [0.25, 0.3) is 5.91 Å². The predicted octanol–water partition coefficient (Wildman–Crippen LogP) is 2.48. The van der Waals surface area contributed by atoms with Crippen molar-refractivity contribution in [2.75, 3.05) is 6.54 Å². The lowest BCUT2D eigenvalue weighted by Gasteiger charge is -2.06. The van der Waals surface area contributed by atoms with E-state index >= 15 is 0 Å². The number of unbranched alkanes of at least 4 members (excludes halogenated alkanes) is 1. The highest BCUT2D eigenvalue weighted by molar-refractivity contribution is 5.95. The number of benzene rings is 1. The third-order valence-electron chi connectivity index (χ3n) is 2.63. The molecule has 3 nitrogen and oxygen atoms in total. The Labute approximate surface area is 102 Å². The molecule has 0 radical (unpaired) electrons. The van der Waals surface area contributed by atoms with Gasteiger partial charge in [0.2, 0.25) is 0 Å². The van der Waals surface area contributed by atoms with E-state index in [1.807, 2.05) is 31.2 Å². The summed E-state index contributed by atoms with van der Waals surface area (Å²) in [6.07, 6.45) is 2.28. The molecular formula is C14H19NO2. The van der Waals surface area contributed by atoms with E-state index in [1.165, 1.54) is 0 Å². The molecule has 1 aromatic rings. The fourth-order valence-electron chi connectivity index (χ4n) is 1.62. The summed E-state index contributed by atoms with van der Waals surface area (Å²) in [5.74, 6) is 0.168. The van der Waals surface area contributed by atoms with E-state index in [4.69, 9.17) is 0 Å². The van der Waals surface area contributed by atoms with Crippen molar-refractivity contribution in [3.63, 3.8) is 0 Å². The molecule has 1 rings (SSSR count). The Morgan fingerprint density at radius 3 is 2.53 bits per heavy atom. The number of amides is 1. The average molecular weight is 233 g/mol. The van der Waals surface area contributed by atoms with Crippen molar-refractivity contribution in [1.82, 2.24) is 5.32 Å². The molecule has 0 aromatic heterocycles. The van der Waals surface area contributed by atoms with Crippen molar-refractivity contribution < 1.29 is 9.59 Å².